The molecule has 0 bridgehead atoms. The molecule has 0 heterocycles. The number of hydrogen-bond acceptors (Lipinski definition) is 4. The highest BCUT2D eigenvalue weighted by Gasteiger charge is 2.19. The first kappa shape index (κ1) is 16.5. The zero-order valence-electron chi connectivity index (χ0n) is 13.3. The standard InChI is InChI=1S/C17H24N2O3/c1-19(15-9-4-3-5-10-15)12-16(20)18-14-8-6-7-13(11-14)17(21)22-2/h6-8,11,15H,3-5,9-10,12H2,1-2H3,(H,18,20). The summed E-state index contributed by atoms with van der Waals surface area (Å²) in [6.45, 7) is 0.368. The molecule has 120 valence electrons. The van der Waals surface area contributed by atoms with Crippen molar-refractivity contribution in [3.63, 3.8) is 0 Å². The second-order valence-electron chi connectivity index (χ2n) is 5.83. The average Bonchev–Trinajstić information content (AvgIpc) is 2.55. The van der Waals surface area contributed by atoms with Gasteiger partial charge in [-0.15, -0.1) is 0 Å². The van der Waals surface area contributed by atoms with E-state index in [1.807, 2.05) is 7.05 Å². The topological polar surface area (TPSA) is 58.6 Å². The minimum Gasteiger partial charge on any atom is -0.465 e. The van der Waals surface area contributed by atoms with Crippen molar-refractivity contribution in [2.75, 3.05) is 26.0 Å². The second-order valence-corrected chi connectivity index (χ2v) is 5.83. The summed E-state index contributed by atoms with van der Waals surface area (Å²) in [5.74, 6) is -0.467. The molecule has 0 atom stereocenters. The highest BCUT2D eigenvalue weighted by Crippen LogP contribution is 2.21. The van der Waals surface area contributed by atoms with Crippen LogP contribution < -0.4 is 5.32 Å². The summed E-state index contributed by atoms with van der Waals surface area (Å²) in [7, 11) is 3.34. The highest BCUT2D eigenvalue weighted by molar-refractivity contribution is 5.95. The third-order valence-corrected chi connectivity index (χ3v) is 4.16. The Morgan fingerprint density at radius 3 is 2.68 bits per heavy atom. The van der Waals surface area contributed by atoms with Crippen molar-refractivity contribution in [1.82, 2.24) is 4.90 Å². The van der Waals surface area contributed by atoms with E-state index in [2.05, 4.69) is 15.0 Å². The van der Waals surface area contributed by atoms with E-state index in [0.29, 0.717) is 23.8 Å². The van der Waals surface area contributed by atoms with Gasteiger partial charge in [-0.25, -0.2) is 4.79 Å². The number of rotatable bonds is 5. The van der Waals surface area contributed by atoms with E-state index in [4.69, 9.17) is 0 Å². The van der Waals surface area contributed by atoms with Crippen LogP contribution in [0.5, 0.6) is 0 Å². The van der Waals surface area contributed by atoms with Crippen molar-refractivity contribution < 1.29 is 14.3 Å². The Morgan fingerprint density at radius 1 is 1.27 bits per heavy atom. The molecule has 1 aromatic rings. The number of nitrogens with one attached hydrogen (secondary N) is 1. The largest absolute Gasteiger partial charge is 0.465 e. The zero-order chi connectivity index (χ0) is 15.9. The van der Waals surface area contributed by atoms with Crippen molar-refractivity contribution in [2.24, 2.45) is 0 Å². The fraction of sp³-hybridized carbons (Fsp3) is 0.529. The molecule has 1 fully saturated rings. The lowest BCUT2D eigenvalue weighted by Gasteiger charge is -2.30. The van der Waals surface area contributed by atoms with Crippen LogP contribution >= 0.6 is 0 Å². The maximum absolute atomic E-state index is 12.1. The number of methoxy groups -OCH3 is 1. The first-order chi connectivity index (χ1) is 10.6. The minimum atomic E-state index is -0.407. The smallest absolute Gasteiger partial charge is 0.337 e. The summed E-state index contributed by atoms with van der Waals surface area (Å²) >= 11 is 0. The normalized spacial score (nSPS) is 15.6. The van der Waals surface area contributed by atoms with E-state index in [9.17, 15) is 9.59 Å². The molecule has 0 spiro atoms. The number of benzene rings is 1. The van der Waals surface area contributed by atoms with Crippen LogP contribution in [0.4, 0.5) is 5.69 Å². The van der Waals surface area contributed by atoms with E-state index in [1.54, 1.807) is 24.3 Å². The van der Waals surface area contributed by atoms with Gasteiger partial charge >= 0.3 is 5.97 Å². The molecule has 0 saturated heterocycles. The number of carbonyl (C=O) groups excluding carboxylic acids is 2. The van der Waals surface area contributed by atoms with Gasteiger partial charge in [-0.1, -0.05) is 25.3 Å². The first-order valence-electron chi connectivity index (χ1n) is 7.78. The molecule has 0 radical (unpaired) electrons. The SMILES string of the molecule is COC(=O)c1cccc(NC(=O)CN(C)C2CCCCC2)c1. The van der Waals surface area contributed by atoms with Crippen molar-refractivity contribution in [2.45, 2.75) is 38.1 Å². The maximum atomic E-state index is 12.1. The predicted molar refractivity (Wildman–Crippen MR) is 85.9 cm³/mol. The molecule has 0 aromatic heterocycles. The Hall–Kier alpha value is -1.88. The van der Waals surface area contributed by atoms with Crippen LogP contribution in [0.15, 0.2) is 24.3 Å². The van der Waals surface area contributed by atoms with Crippen molar-refractivity contribution >= 4 is 17.6 Å². The zero-order valence-corrected chi connectivity index (χ0v) is 13.3. The van der Waals surface area contributed by atoms with Gasteiger partial charge in [-0.05, 0) is 38.1 Å². The number of likely N-dealkylation sites (N-methyl/N-ethyl adjacent to an activating group) is 1. The predicted octanol–water partition coefficient (Wildman–Crippen LogP) is 2.68. The van der Waals surface area contributed by atoms with Crippen LogP contribution in [0, 0.1) is 0 Å². The fourth-order valence-corrected chi connectivity index (χ4v) is 2.92. The molecule has 1 aliphatic carbocycles. The van der Waals surface area contributed by atoms with Gasteiger partial charge in [0.2, 0.25) is 5.91 Å². The molecule has 0 unspecified atom stereocenters. The molecule has 5 heteroatoms. The van der Waals surface area contributed by atoms with Crippen LogP contribution in [0.1, 0.15) is 42.5 Å². The van der Waals surface area contributed by atoms with Crippen molar-refractivity contribution in [1.29, 1.82) is 0 Å². The van der Waals surface area contributed by atoms with Crippen LogP contribution in [0.25, 0.3) is 0 Å². The Balaban J connectivity index is 1.89. The summed E-state index contributed by atoms with van der Waals surface area (Å²) in [6, 6.07) is 7.29. The van der Waals surface area contributed by atoms with Gasteiger partial charge in [0.1, 0.15) is 0 Å². The molecular weight excluding hydrogens is 280 g/mol. The molecule has 5 nitrogen and oxygen atoms in total. The summed E-state index contributed by atoms with van der Waals surface area (Å²) in [4.78, 5) is 25.8. The molecular formula is C17H24N2O3. The lowest BCUT2D eigenvalue weighted by Crippen LogP contribution is -2.39. The van der Waals surface area contributed by atoms with Gasteiger partial charge in [0, 0.05) is 11.7 Å². The average molecular weight is 304 g/mol. The van der Waals surface area contributed by atoms with Crippen molar-refractivity contribution in [3.8, 4) is 0 Å². The maximum Gasteiger partial charge on any atom is 0.337 e. The van der Waals surface area contributed by atoms with Crippen molar-refractivity contribution in [3.05, 3.63) is 29.8 Å². The summed E-state index contributed by atoms with van der Waals surface area (Å²) in [5.41, 5.74) is 1.05. The van der Waals surface area contributed by atoms with E-state index in [-0.39, 0.29) is 5.91 Å². The number of ether oxygens (including phenoxy) is 1. The van der Waals surface area contributed by atoms with E-state index < -0.39 is 5.97 Å². The molecule has 1 N–H and O–H groups in total. The number of amides is 1. The van der Waals surface area contributed by atoms with Crippen LogP contribution in [0.3, 0.4) is 0 Å². The Bertz CT molecular complexity index is 524. The lowest BCUT2D eigenvalue weighted by atomic mass is 9.94. The summed E-state index contributed by atoms with van der Waals surface area (Å²) in [6.07, 6.45) is 6.13. The quantitative estimate of drug-likeness (QED) is 0.850. The van der Waals surface area contributed by atoms with Crippen LogP contribution in [0.2, 0.25) is 0 Å². The van der Waals surface area contributed by atoms with Crippen LogP contribution in [-0.2, 0) is 9.53 Å². The highest BCUT2D eigenvalue weighted by atomic mass is 16.5. The van der Waals surface area contributed by atoms with Gasteiger partial charge < -0.3 is 10.1 Å². The summed E-state index contributed by atoms with van der Waals surface area (Å²) in [5, 5.41) is 2.84. The third-order valence-electron chi connectivity index (χ3n) is 4.16. The van der Waals surface area contributed by atoms with E-state index in [0.717, 1.165) is 0 Å². The van der Waals surface area contributed by atoms with E-state index >= 15 is 0 Å². The number of hydrogen-bond donors (Lipinski definition) is 1. The van der Waals surface area contributed by atoms with Gasteiger partial charge in [0.05, 0.1) is 19.2 Å². The second kappa shape index (κ2) is 7.94. The third kappa shape index (κ3) is 4.56. The Labute approximate surface area is 131 Å². The number of esters is 1. The molecule has 22 heavy (non-hydrogen) atoms. The van der Waals surface area contributed by atoms with Gasteiger partial charge in [0.25, 0.3) is 0 Å². The molecule has 1 aromatic carbocycles. The Kier molecular flexibility index (Phi) is 5.95. The Morgan fingerprint density at radius 2 is 2.00 bits per heavy atom. The molecule has 0 aliphatic heterocycles. The number of carbonyl (C=O) groups is 2. The van der Waals surface area contributed by atoms with Gasteiger partial charge in [0.15, 0.2) is 0 Å². The molecule has 2 rings (SSSR count). The first-order valence-corrected chi connectivity index (χ1v) is 7.78. The monoisotopic (exact) mass is 304 g/mol. The fourth-order valence-electron chi connectivity index (χ4n) is 2.92. The molecule has 1 aliphatic rings. The number of nitrogens with zero attached hydrogens (tertiary/aromatic N) is 1. The molecule has 1 saturated carbocycles. The molecule has 1 amide bonds. The summed E-state index contributed by atoms with van der Waals surface area (Å²) < 4.78 is 4.68. The van der Waals surface area contributed by atoms with Gasteiger partial charge in [-0.2, -0.15) is 0 Å². The number of anilines is 1. The van der Waals surface area contributed by atoms with E-state index in [1.165, 1.54) is 39.2 Å². The van der Waals surface area contributed by atoms with Crippen LogP contribution in [-0.4, -0.2) is 43.5 Å². The van der Waals surface area contributed by atoms with Gasteiger partial charge in [-0.3, -0.25) is 9.69 Å². The minimum absolute atomic E-state index is 0.0601. The lowest BCUT2D eigenvalue weighted by molar-refractivity contribution is -0.117.